The quantitative estimate of drug-likeness (QED) is 0.228. The van der Waals surface area contributed by atoms with E-state index in [4.69, 9.17) is 9.47 Å². The van der Waals surface area contributed by atoms with Gasteiger partial charge in [-0.05, 0) is 36.8 Å². The Morgan fingerprint density at radius 2 is 1.83 bits per heavy atom. The fraction of sp³-hybridized carbons (Fsp3) is 0.424. The van der Waals surface area contributed by atoms with Gasteiger partial charge in [0.1, 0.15) is 11.6 Å². The van der Waals surface area contributed by atoms with Crippen LogP contribution in [0.25, 0.3) is 0 Å². The van der Waals surface area contributed by atoms with E-state index in [-0.39, 0.29) is 31.6 Å². The summed E-state index contributed by atoms with van der Waals surface area (Å²) >= 11 is 0. The number of hydrogen-bond donors (Lipinski definition) is 1. The summed E-state index contributed by atoms with van der Waals surface area (Å²) in [6, 6.07) is 17.0. The second-order valence-electron chi connectivity index (χ2n) is 11.0. The first-order valence-electron chi connectivity index (χ1n) is 14.3. The molecule has 0 saturated carbocycles. The first-order chi connectivity index (χ1) is 20.0. The maximum atomic E-state index is 14.6. The molecule has 5 rings (SSSR count). The number of ether oxygens (including phenoxy) is 2. The van der Waals surface area contributed by atoms with Crippen LogP contribution in [0.3, 0.4) is 0 Å². The van der Waals surface area contributed by atoms with Gasteiger partial charge < -0.3 is 24.4 Å². The zero-order valence-corrected chi connectivity index (χ0v) is 23.3. The average molecular weight is 559 g/mol. The minimum atomic E-state index is -1.19. The summed E-state index contributed by atoms with van der Waals surface area (Å²) in [7, 11) is 0. The number of aliphatic hydroxyl groups is 1. The molecule has 216 valence electrons. The zero-order valence-electron chi connectivity index (χ0n) is 23.3. The van der Waals surface area contributed by atoms with Gasteiger partial charge in [-0.3, -0.25) is 14.4 Å². The van der Waals surface area contributed by atoms with Crippen LogP contribution in [0.15, 0.2) is 86.0 Å². The number of rotatable bonds is 13. The van der Waals surface area contributed by atoms with Gasteiger partial charge in [-0.25, -0.2) is 0 Å². The molecule has 1 spiro atoms. The van der Waals surface area contributed by atoms with Gasteiger partial charge in [-0.2, -0.15) is 0 Å². The topological polar surface area (TPSA) is 96.4 Å². The van der Waals surface area contributed by atoms with Crippen molar-refractivity contribution in [1.29, 1.82) is 0 Å². The Balaban J connectivity index is 1.54. The Morgan fingerprint density at radius 3 is 2.49 bits per heavy atom. The van der Waals surface area contributed by atoms with Crippen LogP contribution in [0.1, 0.15) is 42.9 Å². The predicted octanol–water partition coefficient (Wildman–Crippen LogP) is 3.82. The Kier molecular flexibility index (Phi) is 8.71. The van der Waals surface area contributed by atoms with Crippen molar-refractivity contribution in [2.75, 3.05) is 19.8 Å². The molecular formula is C33H38N2O6. The van der Waals surface area contributed by atoms with Crippen LogP contribution in [0.2, 0.25) is 0 Å². The summed E-state index contributed by atoms with van der Waals surface area (Å²) in [5, 5.41) is 10.6. The third-order valence-corrected chi connectivity index (χ3v) is 8.61. The Labute approximate surface area is 241 Å². The van der Waals surface area contributed by atoms with Gasteiger partial charge >= 0.3 is 5.97 Å². The lowest BCUT2D eigenvalue weighted by atomic mass is 9.70. The summed E-state index contributed by atoms with van der Waals surface area (Å²) in [5.41, 5.74) is 0.447. The van der Waals surface area contributed by atoms with Gasteiger partial charge in [0, 0.05) is 13.1 Å². The highest BCUT2D eigenvalue weighted by atomic mass is 16.6. The van der Waals surface area contributed by atoms with E-state index in [9.17, 15) is 19.5 Å². The molecule has 2 unspecified atom stereocenters. The second kappa shape index (κ2) is 12.4. The Hall–Kier alpha value is -3.75. The highest BCUT2D eigenvalue weighted by molar-refractivity contribution is 5.98. The van der Waals surface area contributed by atoms with Crippen LogP contribution in [-0.4, -0.2) is 70.2 Å². The number of esters is 1. The number of aliphatic hydroxyl groups excluding tert-OH is 1. The van der Waals surface area contributed by atoms with Crippen LogP contribution in [0.5, 0.6) is 0 Å². The molecule has 3 heterocycles. The minimum Gasteiger partial charge on any atom is -0.465 e. The summed E-state index contributed by atoms with van der Waals surface area (Å²) < 4.78 is 12.2. The van der Waals surface area contributed by atoms with E-state index in [0.717, 1.165) is 5.56 Å². The number of amides is 2. The summed E-state index contributed by atoms with van der Waals surface area (Å²) in [4.78, 5) is 45.6. The maximum absolute atomic E-state index is 14.6. The summed E-state index contributed by atoms with van der Waals surface area (Å²) in [6.45, 7) is 7.98. The second-order valence-corrected chi connectivity index (χ2v) is 11.0. The molecule has 2 aromatic carbocycles. The number of carbonyl (C=O) groups is 3. The number of carbonyl (C=O) groups excluding carboxylic acids is 3. The molecule has 3 aliphatic heterocycles. The van der Waals surface area contributed by atoms with Gasteiger partial charge in [0.15, 0.2) is 0 Å². The van der Waals surface area contributed by atoms with Crippen molar-refractivity contribution in [2.45, 2.75) is 56.0 Å². The lowest BCUT2D eigenvalue weighted by Crippen LogP contribution is -2.57. The molecule has 1 N–H and O–H groups in total. The smallest absolute Gasteiger partial charge is 0.312 e. The lowest BCUT2D eigenvalue weighted by Gasteiger charge is -2.39. The monoisotopic (exact) mass is 558 g/mol. The third kappa shape index (κ3) is 5.22. The molecule has 3 saturated heterocycles. The van der Waals surface area contributed by atoms with Crippen molar-refractivity contribution >= 4 is 17.8 Å². The zero-order chi connectivity index (χ0) is 29.0. The largest absolute Gasteiger partial charge is 0.465 e. The molecule has 2 bridgehead atoms. The van der Waals surface area contributed by atoms with Crippen molar-refractivity contribution in [3.63, 3.8) is 0 Å². The van der Waals surface area contributed by atoms with E-state index in [1.165, 1.54) is 4.90 Å². The molecule has 2 amide bonds. The first-order valence-corrected chi connectivity index (χ1v) is 14.3. The molecule has 0 aromatic heterocycles. The van der Waals surface area contributed by atoms with E-state index in [1.54, 1.807) is 17.1 Å². The SMILES string of the molecule is C=CCCCOC(=O)[C@@H]1[C@H]2C(=O)N([C@H](CO)c3ccccc3)C(C(=O)N(CC=C)Cc3ccccc3)C23CC[C@H]1O3. The van der Waals surface area contributed by atoms with Crippen LogP contribution in [0, 0.1) is 11.8 Å². The lowest BCUT2D eigenvalue weighted by molar-refractivity contribution is -0.156. The van der Waals surface area contributed by atoms with E-state index >= 15 is 0 Å². The molecule has 41 heavy (non-hydrogen) atoms. The van der Waals surface area contributed by atoms with Crippen molar-refractivity contribution in [2.24, 2.45) is 11.8 Å². The van der Waals surface area contributed by atoms with Crippen molar-refractivity contribution < 1.29 is 29.0 Å². The third-order valence-electron chi connectivity index (χ3n) is 8.61. The first kappa shape index (κ1) is 28.8. The molecule has 0 aliphatic carbocycles. The molecular weight excluding hydrogens is 520 g/mol. The molecule has 0 radical (unpaired) electrons. The normalized spacial score (nSPS) is 26.9. The molecule has 3 fully saturated rings. The standard InChI is InChI=1S/C33H38N2O6/c1-3-5-12-20-40-32(39)27-26-17-18-33(41-26)28(27)30(37)35(25(22-36)24-15-10-7-11-16-24)29(33)31(38)34(19-4-2)21-23-13-8-6-9-14-23/h3-4,6-11,13-16,25-29,36H,1-2,5,12,17-22H2/t25-,26-,27+,28+,29?,33?/m1/s1. The van der Waals surface area contributed by atoms with E-state index in [2.05, 4.69) is 13.2 Å². The van der Waals surface area contributed by atoms with E-state index in [1.807, 2.05) is 60.7 Å². The highest BCUT2D eigenvalue weighted by Crippen LogP contribution is 2.60. The molecule has 8 nitrogen and oxygen atoms in total. The van der Waals surface area contributed by atoms with Gasteiger partial charge in [0.2, 0.25) is 11.8 Å². The van der Waals surface area contributed by atoms with Crippen molar-refractivity contribution in [3.8, 4) is 0 Å². The number of hydrogen-bond acceptors (Lipinski definition) is 6. The van der Waals surface area contributed by atoms with Crippen LogP contribution in [-0.2, 0) is 30.4 Å². The van der Waals surface area contributed by atoms with Gasteiger partial charge in [-0.1, -0.05) is 72.8 Å². The fourth-order valence-corrected chi connectivity index (χ4v) is 6.87. The highest BCUT2D eigenvalue weighted by Gasteiger charge is 2.75. The van der Waals surface area contributed by atoms with Gasteiger partial charge in [0.25, 0.3) is 0 Å². The summed E-state index contributed by atoms with van der Waals surface area (Å²) in [6.07, 6.45) is 5.28. The fourth-order valence-electron chi connectivity index (χ4n) is 6.87. The number of likely N-dealkylation sites (tertiary alicyclic amines) is 1. The van der Waals surface area contributed by atoms with E-state index < -0.39 is 41.6 Å². The number of unbranched alkanes of at least 4 members (excludes halogenated alkanes) is 1. The average Bonchev–Trinajstić information content (AvgIpc) is 3.64. The Bertz CT molecular complexity index is 1270. The van der Waals surface area contributed by atoms with Crippen LogP contribution in [0.4, 0.5) is 0 Å². The van der Waals surface area contributed by atoms with Crippen LogP contribution >= 0.6 is 0 Å². The predicted molar refractivity (Wildman–Crippen MR) is 153 cm³/mol. The molecule has 3 aliphatic rings. The number of fused-ring (bicyclic) bond motifs is 1. The molecule has 8 heteroatoms. The molecule has 6 atom stereocenters. The van der Waals surface area contributed by atoms with Crippen molar-refractivity contribution in [3.05, 3.63) is 97.1 Å². The summed E-state index contributed by atoms with van der Waals surface area (Å²) in [5.74, 6) is -2.81. The number of allylic oxidation sites excluding steroid dienone is 1. The minimum absolute atomic E-state index is 0.224. The van der Waals surface area contributed by atoms with Gasteiger partial charge in [0.05, 0.1) is 37.2 Å². The maximum Gasteiger partial charge on any atom is 0.312 e. The van der Waals surface area contributed by atoms with Crippen LogP contribution < -0.4 is 0 Å². The number of benzene rings is 2. The number of nitrogens with zero attached hydrogens (tertiary/aromatic N) is 2. The van der Waals surface area contributed by atoms with Crippen molar-refractivity contribution in [1.82, 2.24) is 9.80 Å². The molecule has 2 aromatic rings. The van der Waals surface area contributed by atoms with Gasteiger partial charge in [-0.15, -0.1) is 13.2 Å². The van der Waals surface area contributed by atoms with E-state index in [0.29, 0.717) is 37.8 Å². The Morgan fingerprint density at radius 1 is 1.12 bits per heavy atom.